The Bertz CT molecular complexity index is 1700. The summed E-state index contributed by atoms with van der Waals surface area (Å²) in [6, 6.07) is 15.5. The SMILES string of the molecule is CCOC(=O)C1=C(C)NC(=O)N[C@H]1c1ccc(OCC(=O)N/N=C/c2cc(Br)c(OCc3ccccc3)c([N+](=O)[O-])c2)c(OC)c1. The summed E-state index contributed by atoms with van der Waals surface area (Å²) >= 11 is 3.32. The van der Waals surface area contributed by atoms with Gasteiger partial charge in [-0.3, -0.25) is 14.9 Å². The highest BCUT2D eigenvalue weighted by atomic mass is 79.9. The Kier molecular flexibility index (Phi) is 11.3. The van der Waals surface area contributed by atoms with E-state index in [1.165, 1.54) is 25.5 Å². The van der Waals surface area contributed by atoms with Crippen LogP contribution in [0.2, 0.25) is 0 Å². The van der Waals surface area contributed by atoms with Crippen LogP contribution in [0, 0.1) is 10.1 Å². The molecule has 3 N–H and O–H groups in total. The van der Waals surface area contributed by atoms with Crippen LogP contribution in [0.15, 0.2) is 81.5 Å². The third-order valence-electron chi connectivity index (χ3n) is 6.52. The van der Waals surface area contributed by atoms with Crippen LogP contribution in [0.4, 0.5) is 10.5 Å². The molecule has 46 heavy (non-hydrogen) atoms. The summed E-state index contributed by atoms with van der Waals surface area (Å²) in [5.74, 6) is -0.672. The lowest BCUT2D eigenvalue weighted by molar-refractivity contribution is -0.386. The van der Waals surface area contributed by atoms with Gasteiger partial charge in [0.05, 0.1) is 40.9 Å². The molecule has 0 saturated heterocycles. The van der Waals surface area contributed by atoms with Gasteiger partial charge in [0, 0.05) is 17.3 Å². The van der Waals surface area contributed by atoms with Crippen molar-refractivity contribution in [1.29, 1.82) is 0 Å². The highest BCUT2D eigenvalue weighted by Crippen LogP contribution is 2.37. The molecule has 0 unspecified atom stereocenters. The summed E-state index contributed by atoms with van der Waals surface area (Å²) in [6.45, 7) is 3.13. The van der Waals surface area contributed by atoms with Gasteiger partial charge in [-0.05, 0) is 59.1 Å². The van der Waals surface area contributed by atoms with Gasteiger partial charge < -0.3 is 29.6 Å². The zero-order valence-electron chi connectivity index (χ0n) is 25.0. The molecule has 0 aliphatic carbocycles. The van der Waals surface area contributed by atoms with Crippen molar-refractivity contribution in [2.24, 2.45) is 5.10 Å². The highest BCUT2D eigenvalue weighted by molar-refractivity contribution is 9.10. The maximum absolute atomic E-state index is 12.6. The minimum absolute atomic E-state index is 0.0641. The number of benzene rings is 3. The van der Waals surface area contributed by atoms with Crippen LogP contribution in [0.3, 0.4) is 0 Å². The van der Waals surface area contributed by atoms with E-state index in [0.717, 1.165) is 5.56 Å². The number of methoxy groups -OCH3 is 1. The number of nitro benzene ring substituents is 1. The van der Waals surface area contributed by atoms with Gasteiger partial charge in [0.1, 0.15) is 6.61 Å². The molecule has 1 aliphatic heterocycles. The van der Waals surface area contributed by atoms with Crippen molar-refractivity contribution in [3.05, 3.63) is 103 Å². The van der Waals surface area contributed by atoms with Gasteiger partial charge in [-0.15, -0.1) is 0 Å². The predicted molar refractivity (Wildman–Crippen MR) is 170 cm³/mol. The Labute approximate surface area is 272 Å². The van der Waals surface area contributed by atoms with Crippen LogP contribution < -0.4 is 30.3 Å². The van der Waals surface area contributed by atoms with E-state index in [4.69, 9.17) is 18.9 Å². The maximum Gasteiger partial charge on any atom is 0.338 e. The summed E-state index contributed by atoms with van der Waals surface area (Å²) in [6.07, 6.45) is 1.25. The average molecular weight is 697 g/mol. The molecule has 0 spiro atoms. The van der Waals surface area contributed by atoms with Crippen molar-refractivity contribution in [3.8, 4) is 17.2 Å². The fourth-order valence-corrected chi connectivity index (χ4v) is 5.02. The number of allylic oxidation sites excluding steroid dienone is 1. The van der Waals surface area contributed by atoms with Gasteiger partial charge >= 0.3 is 17.7 Å². The first-order valence-corrected chi connectivity index (χ1v) is 14.6. The van der Waals surface area contributed by atoms with E-state index in [-0.39, 0.29) is 41.7 Å². The summed E-state index contributed by atoms with van der Waals surface area (Å²) in [4.78, 5) is 48.4. The number of ether oxygens (including phenoxy) is 4. The summed E-state index contributed by atoms with van der Waals surface area (Å²) in [5.41, 5.74) is 4.33. The molecule has 3 aromatic carbocycles. The Morgan fingerprint density at radius 2 is 1.87 bits per heavy atom. The van der Waals surface area contributed by atoms with Crippen molar-refractivity contribution in [1.82, 2.24) is 16.1 Å². The van der Waals surface area contributed by atoms with Gasteiger partial charge in [-0.1, -0.05) is 36.4 Å². The third kappa shape index (κ3) is 8.38. The molecular formula is C31H30BrN5O9. The lowest BCUT2D eigenvalue weighted by Crippen LogP contribution is -2.45. The van der Waals surface area contributed by atoms with Crippen molar-refractivity contribution < 1.29 is 38.3 Å². The van der Waals surface area contributed by atoms with Crippen LogP contribution in [0.25, 0.3) is 0 Å². The molecule has 0 radical (unpaired) electrons. The van der Waals surface area contributed by atoms with E-state index in [1.807, 2.05) is 30.3 Å². The van der Waals surface area contributed by atoms with Gasteiger partial charge in [-0.2, -0.15) is 5.10 Å². The zero-order chi connectivity index (χ0) is 33.2. The third-order valence-corrected chi connectivity index (χ3v) is 7.11. The number of carbonyl (C=O) groups excluding carboxylic acids is 3. The van der Waals surface area contributed by atoms with Gasteiger partial charge in [-0.25, -0.2) is 15.0 Å². The van der Waals surface area contributed by atoms with Gasteiger partial charge in [0.2, 0.25) is 5.75 Å². The van der Waals surface area contributed by atoms with Crippen molar-refractivity contribution in [3.63, 3.8) is 0 Å². The Morgan fingerprint density at radius 3 is 2.57 bits per heavy atom. The minimum atomic E-state index is -0.811. The summed E-state index contributed by atoms with van der Waals surface area (Å²) in [7, 11) is 1.40. The molecular weight excluding hydrogens is 666 g/mol. The number of rotatable bonds is 13. The predicted octanol–water partition coefficient (Wildman–Crippen LogP) is 4.67. The summed E-state index contributed by atoms with van der Waals surface area (Å²) < 4.78 is 22.2. The van der Waals surface area contributed by atoms with Crippen LogP contribution in [0.5, 0.6) is 17.2 Å². The number of halogens is 1. The number of nitro groups is 1. The molecule has 14 nitrogen and oxygen atoms in total. The lowest BCUT2D eigenvalue weighted by Gasteiger charge is -2.28. The number of hydrazone groups is 1. The standard InChI is InChI=1S/C31H30BrN5O9/c1-4-44-30(39)27-18(2)34-31(40)35-28(27)21-10-11-24(25(14-21)43-3)45-17-26(38)36-33-15-20-12-22(32)29(23(13-20)37(41)42)46-16-19-8-6-5-7-9-19/h5-15,28H,4,16-17H2,1-3H3,(H,36,38)(H2,34,35,40)/b33-15+/t28-/m0/s1. The van der Waals surface area contributed by atoms with E-state index >= 15 is 0 Å². The molecule has 4 rings (SSSR count). The van der Waals surface area contributed by atoms with Crippen LogP contribution >= 0.6 is 15.9 Å². The number of hydrogen-bond donors (Lipinski definition) is 3. The molecule has 15 heteroatoms. The van der Waals surface area contributed by atoms with E-state index in [2.05, 4.69) is 37.1 Å². The second-order valence-electron chi connectivity index (χ2n) is 9.67. The van der Waals surface area contributed by atoms with Crippen LogP contribution in [0.1, 0.15) is 36.6 Å². The molecule has 3 amide bonds. The number of esters is 1. The Hall–Kier alpha value is -5.44. The van der Waals surface area contributed by atoms with E-state index in [9.17, 15) is 24.5 Å². The number of amides is 3. The smallest absolute Gasteiger partial charge is 0.338 e. The van der Waals surface area contributed by atoms with Crippen LogP contribution in [-0.4, -0.2) is 49.4 Å². The molecule has 1 atom stereocenters. The minimum Gasteiger partial charge on any atom is -0.493 e. The molecule has 1 aliphatic rings. The Balaban J connectivity index is 1.40. The molecule has 1 heterocycles. The topological polar surface area (TPSA) is 180 Å². The quantitative estimate of drug-likeness (QED) is 0.0992. The first kappa shape index (κ1) is 33.5. The van der Waals surface area contributed by atoms with E-state index in [0.29, 0.717) is 21.3 Å². The second-order valence-corrected chi connectivity index (χ2v) is 10.5. The first-order chi connectivity index (χ1) is 22.1. The van der Waals surface area contributed by atoms with Gasteiger partial charge in [0.15, 0.2) is 18.1 Å². The normalized spacial score (nSPS) is 14.3. The molecule has 3 aromatic rings. The first-order valence-electron chi connectivity index (χ1n) is 13.8. The number of nitrogens with zero attached hydrogens (tertiary/aromatic N) is 2. The fraction of sp³-hybridized carbons (Fsp3) is 0.226. The molecule has 0 aromatic heterocycles. The largest absolute Gasteiger partial charge is 0.493 e. The monoisotopic (exact) mass is 695 g/mol. The molecule has 0 fully saturated rings. The van der Waals surface area contributed by atoms with Crippen molar-refractivity contribution >= 4 is 45.7 Å². The van der Waals surface area contributed by atoms with E-state index in [1.54, 1.807) is 32.0 Å². The van der Waals surface area contributed by atoms with Crippen molar-refractivity contribution in [2.75, 3.05) is 20.3 Å². The maximum atomic E-state index is 12.6. The Morgan fingerprint density at radius 1 is 1.11 bits per heavy atom. The lowest BCUT2D eigenvalue weighted by atomic mass is 9.95. The number of hydrogen-bond acceptors (Lipinski definition) is 10. The molecule has 0 saturated carbocycles. The van der Waals surface area contributed by atoms with Crippen LogP contribution in [-0.2, 0) is 20.9 Å². The number of nitrogens with one attached hydrogen (secondary N) is 3. The molecule has 0 bridgehead atoms. The molecule has 240 valence electrons. The fourth-order valence-electron chi connectivity index (χ4n) is 4.44. The summed E-state index contributed by atoms with van der Waals surface area (Å²) in [5, 5.41) is 20.9. The average Bonchev–Trinajstić information content (AvgIpc) is 3.03. The highest BCUT2D eigenvalue weighted by Gasteiger charge is 2.32. The van der Waals surface area contributed by atoms with E-state index < -0.39 is 35.5 Å². The number of carbonyl (C=O) groups is 3. The number of urea groups is 1. The van der Waals surface area contributed by atoms with Gasteiger partial charge in [0.25, 0.3) is 5.91 Å². The van der Waals surface area contributed by atoms with Crippen molar-refractivity contribution in [2.45, 2.75) is 26.5 Å². The zero-order valence-corrected chi connectivity index (χ0v) is 26.6. The second kappa shape index (κ2) is 15.5.